The third-order valence-corrected chi connectivity index (χ3v) is 3.93. The molecular formula is C20H32IN5O. The first-order valence-electron chi connectivity index (χ1n) is 9.39. The van der Waals surface area contributed by atoms with Crippen LogP contribution in [0.25, 0.3) is 0 Å². The highest BCUT2D eigenvalue weighted by atomic mass is 127. The van der Waals surface area contributed by atoms with Crippen molar-refractivity contribution in [2.75, 3.05) is 19.6 Å². The summed E-state index contributed by atoms with van der Waals surface area (Å²) < 4.78 is 5.26. The van der Waals surface area contributed by atoms with E-state index in [1.54, 1.807) is 0 Å². The van der Waals surface area contributed by atoms with E-state index in [0.717, 1.165) is 31.3 Å². The van der Waals surface area contributed by atoms with E-state index in [2.05, 4.69) is 78.6 Å². The van der Waals surface area contributed by atoms with Gasteiger partial charge in [-0.05, 0) is 32.8 Å². The number of rotatable bonds is 8. The lowest BCUT2D eigenvalue weighted by molar-refractivity contribution is 0.372. The van der Waals surface area contributed by atoms with E-state index in [9.17, 15) is 0 Å². The van der Waals surface area contributed by atoms with Gasteiger partial charge in [0.1, 0.15) is 0 Å². The first-order valence-corrected chi connectivity index (χ1v) is 9.39. The highest BCUT2D eigenvalue weighted by Crippen LogP contribution is 2.10. The van der Waals surface area contributed by atoms with Gasteiger partial charge in [-0.2, -0.15) is 4.98 Å². The molecule has 2 aromatic rings. The number of hydrogen-bond acceptors (Lipinski definition) is 4. The highest BCUT2D eigenvalue weighted by Gasteiger charge is 2.09. The molecule has 0 radical (unpaired) electrons. The van der Waals surface area contributed by atoms with Crippen molar-refractivity contribution < 1.29 is 4.52 Å². The minimum Gasteiger partial charge on any atom is -0.357 e. The lowest BCUT2D eigenvalue weighted by Gasteiger charge is -2.11. The second-order valence-electron chi connectivity index (χ2n) is 6.88. The molecule has 6 nitrogen and oxygen atoms in total. The summed E-state index contributed by atoms with van der Waals surface area (Å²) in [6, 6.07) is 6.67. The molecule has 0 saturated heterocycles. The maximum absolute atomic E-state index is 5.26. The van der Waals surface area contributed by atoms with E-state index in [1.165, 1.54) is 16.7 Å². The quantitative estimate of drug-likeness (QED) is 0.338. The number of nitrogens with zero attached hydrogens (tertiary/aromatic N) is 3. The molecule has 0 amide bonds. The first kappa shape index (κ1) is 23.4. The molecule has 7 heteroatoms. The Labute approximate surface area is 179 Å². The zero-order valence-electron chi connectivity index (χ0n) is 17.0. The summed E-state index contributed by atoms with van der Waals surface area (Å²) in [5.74, 6) is 2.49. The molecule has 150 valence electrons. The number of aliphatic imine (C=N–C) groups is 1. The third kappa shape index (κ3) is 8.28. The molecule has 27 heavy (non-hydrogen) atoms. The number of aromatic nitrogens is 2. The van der Waals surface area contributed by atoms with Gasteiger partial charge >= 0.3 is 0 Å². The number of nitrogens with one attached hydrogen (secondary N) is 2. The molecule has 0 saturated carbocycles. The van der Waals surface area contributed by atoms with Crippen LogP contribution in [-0.4, -0.2) is 35.7 Å². The molecule has 1 heterocycles. The van der Waals surface area contributed by atoms with Crippen LogP contribution < -0.4 is 10.6 Å². The Morgan fingerprint density at radius 3 is 2.41 bits per heavy atom. The van der Waals surface area contributed by atoms with Crippen LogP contribution in [0.1, 0.15) is 55.1 Å². The molecular weight excluding hydrogens is 453 g/mol. The molecule has 0 spiro atoms. The molecule has 0 fully saturated rings. The van der Waals surface area contributed by atoms with Crippen molar-refractivity contribution in [3.8, 4) is 0 Å². The van der Waals surface area contributed by atoms with E-state index in [4.69, 9.17) is 4.52 Å². The number of aryl methyl sites for hydroxylation is 2. The Bertz CT molecular complexity index is 707. The minimum atomic E-state index is 0. The van der Waals surface area contributed by atoms with Gasteiger partial charge in [-0.25, -0.2) is 0 Å². The van der Waals surface area contributed by atoms with Gasteiger partial charge in [-0.3, -0.25) is 4.99 Å². The van der Waals surface area contributed by atoms with Crippen molar-refractivity contribution in [3.05, 3.63) is 46.6 Å². The van der Waals surface area contributed by atoms with E-state index < -0.39 is 0 Å². The molecule has 2 rings (SSSR count). The van der Waals surface area contributed by atoms with Gasteiger partial charge in [-0.1, -0.05) is 48.3 Å². The molecule has 0 bridgehead atoms. The number of guanidine groups is 1. The molecule has 0 aliphatic rings. The Morgan fingerprint density at radius 1 is 1.11 bits per heavy atom. The van der Waals surface area contributed by atoms with Gasteiger partial charge in [0.15, 0.2) is 11.8 Å². The fourth-order valence-electron chi connectivity index (χ4n) is 2.75. The molecule has 0 aliphatic heterocycles. The van der Waals surface area contributed by atoms with Crippen molar-refractivity contribution in [1.29, 1.82) is 0 Å². The van der Waals surface area contributed by atoms with Crippen LogP contribution in [0.15, 0.2) is 27.7 Å². The van der Waals surface area contributed by atoms with Crippen LogP contribution in [0.3, 0.4) is 0 Å². The smallest absolute Gasteiger partial charge is 0.228 e. The number of halogens is 1. The Morgan fingerprint density at radius 2 is 1.81 bits per heavy atom. The first-order chi connectivity index (χ1) is 12.5. The SMILES string of the molecule is CCNC(=NCCc1nc(C(C)C)no1)NCCc1cc(C)cc(C)c1.I. The molecule has 1 aromatic heterocycles. The van der Waals surface area contributed by atoms with Gasteiger partial charge in [0.05, 0.1) is 6.54 Å². The lowest BCUT2D eigenvalue weighted by Crippen LogP contribution is -2.38. The monoisotopic (exact) mass is 485 g/mol. The van der Waals surface area contributed by atoms with Crippen LogP contribution in [-0.2, 0) is 12.8 Å². The van der Waals surface area contributed by atoms with Gasteiger partial charge in [-0.15, -0.1) is 24.0 Å². The number of benzene rings is 1. The zero-order valence-corrected chi connectivity index (χ0v) is 19.3. The van der Waals surface area contributed by atoms with Crippen molar-refractivity contribution in [2.24, 2.45) is 4.99 Å². The summed E-state index contributed by atoms with van der Waals surface area (Å²) in [4.78, 5) is 8.98. The zero-order chi connectivity index (χ0) is 18.9. The fraction of sp³-hybridized carbons (Fsp3) is 0.550. The predicted molar refractivity (Wildman–Crippen MR) is 121 cm³/mol. The minimum absolute atomic E-state index is 0. The summed E-state index contributed by atoms with van der Waals surface area (Å²) in [6.07, 6.45) is 1.61. The average Bonchev–Trinajstić information content (AvgIpc) is 3.03. The van der Waals surface area contributed by atoms with Crippen LogP contribution >= 0.6 is 24.0 Å². The summed E-state index contributed by atoms with van der Waals surface area (Å²) in [7, 11) is 0. The third-order valence-electron chi connectivity index (χ3n) is 3.93. The van der Waals surface area contributed by atoms with E-state index in [1.807, 2.05) is 0 Å². The maximum Gasteiger partial charge on any atom is 0.228 e. The lowest BCUT2D eigenvalue weighted by atomic mass is 10.1. The molecule has 0 aliphatic carbocycles. The van der Waals surface area contributed by atoms with Crippen LogP contribution in [0, 0.1) is 13.8 Å². The van der Waals surface area contributed by atoms with E-state index in [0.29, 0.717) is 18.9 Å². The Kier molecular flexibility index (Phi) is 10.4. The summed E-state index contributed by atoms with van der Waals surface area (Å²) in [5, 5.41) is 10.6. The topological polar surface area (TPSA) is 75.3 Å². The summed E-state index contributed by atoms with van der Waals surface area (Å²) in [6.45, 7) is 12.7. The summed E-state index contributed by atoms with van der Waals surface area (Å²) in [5.41, 5.74) is 3.96. The Balaban J connectivity index is 0.00000364. The molecule has 0 unspecified atom stereocenters. The van der Waals surface area contributed by atoms with E-state index >= 15 is 0 Å². The van der Waals surface area contributed by atoms with Gasteiger partial charge in [0, 0.05) is 25.4 Å². The average molecular weight is 485 g/mol. The van der Waals surface area contributed by atoms with Crippen molar-refractivity contribution >= 4 is 29.9 Å². The number of hydrogen-bond donors (Lipinski definition) is 2. The van der Waals surface area contributed by atoms with Crippen molar-refractivity contribution in [3.63, 3.8) is 0 Å². The highest BCUT2D eigenvalue weighted by molar-refractivity contribution is 14.0. The largest absolute Gasteiger partial charge is 0.357 e. The van der Waals surface area contributed by atoms with Crippen molar-refractivity contribution in [2.45, 2.75) is 53.4 Å². The van der Waals surface area contributed by atoms with E-state index in [-0.39, 0.29) is 29.9 Å². The predicted octanol–water partition coefficient (Wildman–Crippen LogP) is 3.77. The molecule has 2 N–H and O–H groups in total. The normalized spacial score (nSPS) is 11.4. The molecule has 0 atom stereocenters. The Hall–Kier alpha value is -1.64. The van der Waals surface area contributed by atoms with Crippen LogP contribution in [0.4, 0.5) is 0 Å². The maximum atomic E-state index is 5.26. The van der Waals surface area contributed by atoms with Crippen LogP contribution in [0.2, 0.25) is 0 Å². The van der Waals surface area contributed by atoms with Gasteiger partial charge < -0.3 is 15.2 Å². The standard InChI is InChI=1S/C20H31N5O.HI/c1-6-21-20(22-9-7-17-12-15(4)11-16(5)13-17)23-10-8-18-24-19(14(2)3)25-26-18;/h11-14H,6-10H2,1-5H3,(H2,21,22,23);1H. The van der Waals surface area contributed by atoms with Crippen LogP contribution in [0.5, 0.6) is 0 Å². The second-order valence-corrected chi connectivity index (χ2v) is 6.88. The fourth-order valence-corrected chi connectivity index (χ4v) is 2.75. The summed E-state index contributed by atoms with van der Waals surface area (Å²) >= 11 is 0. The second kappa shape index (κ2) is 11.9. The molecule has 1 aromatic carbocycles. The van der Waals surface area contributed by atoms with Crippen molar-refractivity contribution in [1.82, 2.24) is 20.8 Å². The van der Waals surface area contributed by atoms with Gasteiger partial charge in [0.2, 0.25) is 5.89 Å². The van der Waals surface area contributed by atoms with Gasteiger partial charge in [0.25, 0.3) is 0 Å².